The lowest BCUT2D eigenvalue weighted by atomic mass is 10.2. The van der Waals surface area contributed by atoms with Crippen molar-refractivity contribution >= 4 is 22.9 Å². The van der Waals surface area contributed by atoms with Gasteiger partial charge in [-0.2, -0.15) is 0 Å². The lowest BCUT2D eigenvalue weighted by Gasteiger charge is -2.16. The van der Waals surface area contributed by atoms with Crippen molar-refractivity contribution < 1.29 is 9.18 Å². The number of hydrogen-bond donors (Lipinski definition) is 0. The molecule has 4 nitrogen and oxygen atoms in total. The summed E-state index contributed by atoms with van der Waals surface area (Å²) in [5, 5.41) is 2.07. The predicted molar refractivity (Wildman–Crippen MR) is 110 cm³/mol. The molecule has 6 heteroatoms. The Morgan fingerprint density at radius 1 is 1.04 bits per heavy atom. The van der Waals surface area contributed by atoms with Crippen molar-refractivity contribution in [2.75, 3.05) is 13.1 Å². The van der Waals surface area contributed by atoms with Crippen LogP contribution in [0, 0.1) is 5.82 Å². The number of para-hydroxylation sites is 1. The van der Waals surface area contributed by atoms with Gasteiger partial charge in [-0.25, -0.2) is 9.38 Å². The van der Waals surface area contributed by atoms with Crippen LogP contribution in [0.1, 0.15) is 19.3 Å². The van der Waals surface area contributed by atoms with E-state index in [9.17, 15) is 9.18 Å². The highest BCUT2D eigenvalue weighted by molar-refractivity contribution is 7.07. The van der Waals surface area contributed by atoms with E-state index in [4.69, 9.17) is 0 Å². The molecule has 0 bridgehead atoms. The van der Waals surface area contributed by atoms with Crippen LogP contribution >= 0.6 is 11.3 Å². The first kappa shape index (κ1) is 18.6. The number of carbonyl (C=O) groups excluding carboxylic acids is 1. The van der Waals surface area contributed by atoms with Crippen LogP contribution in [-0.4, -0.2) is 28.5 Å². The molecule has 0 radical (unpaired) electrons. The Hall–Kier alpha value is -2.73. The highest BCUT2D eigenvalue weighted by Gasteiger charge is 2.19. The average Bonchev–Trinajstić information content (AvgIpc) is 3.31. The first-order valence-corrected chi connectivity index (χ1v) is 10.4. The van der Waals surface area contributed by atoms with Gasteiger partial charge in [0.1, 0.15) is 11.5 Å². The molecular formula is C22H22FN3OS. The molecule has 0 aliphatic carbocycles. The maximum absolute atomic E-state index is 14.1. The second-order valence-electron chi connectivity index (χ2n) is 6.82. The Morgan fingerprint density at radius 3 is 2.57 bits per heavy atom. The topological polar surface area (TPSA) is 37.6 Å². The number of carbonyl (C=O) groups is 1. The molecule has 1 aliphatic rings. The number of rotatable bonds is 6. The zero-order valence-corrected chi connectivity index (χ0v) is 16.4. The second kappa shape index (κ2) is 8.52. The highest BCUT2D eigenvalue weighted by Crippen LogP contribution is 2.22. The van der Waals surface area contributed by atoms with E-state index in [0.717, 1.165) is 48.5 Å². The van der Waals surface area contributed by atoms with Gasteiger partial charge in [0.15, 0.2) is 4.80 Å². The molecule has 144 valence electrons. The Bertz CT molecular complexity index is 1030. The third kappa shape index (κ3) is 4.07. The average molecular weight is 396 g/mol. The maximum Gasteiger partial charge on any atom is 0.222 e. The van der Waals surface area contributed by atoms with Gasteiger partial charge in [-0.3, -0.25) is 4.79 Å². The largest absolute Gasteiger partial charge is 0.343 e. The normalized spacial score (nSPS) is 14.8. The van der Waals surface area contributed by atoms with E-state index in [1.165, 1.54) is 17.4 Å². The first-order valence-electron chi connectivity index (χ1n) is 9.53. The number of halogens is 1. The van der Waals surface area contributed by atoms with Crippen LogP contribution in [0.5, 0.6) is 0 Å². The van der Waals surface area contributed by atoms with Crippen molar-refractivity contribution in [2.45, 2.75) is 25.8 Å². The van der Waals surface area contributed by atoms with Gasteiger partial charge in [-0.05, 0) is 30.5 Å². The molecule has 0 unspecified atom stereocenters. The molecule has 1 fully saturated rings. The van der Waals surface area contributed by atoms with Crippen LogP contribution in [0.3, 0.4) is 0 Å². The summed E-state index contributed by atoms with van der Waals surface area (Å²) in [4.78, 5) is 19.1. The molecule has 2 aromatic carbocycles. The van der Waals surface area contributed by atoms with Gasteiger partial charge in [0.05, 0.1) is 5.69 Å². The molecular weight excluding hydrogens is 373 g/mol. The third-order valence-electron chi connectivity index (χ3n) is 4.92. The Kier molecular flexibility index (Phi) is 5.67. The molecule has 3 aromatic rings. The van der Waals surface area contributed by atoms with Crippen LogP contribution < -0.4 is 4.80 Å². The molecule has 2 heterocycles. The summed E-state index contributed by atoms with van der Waals surface area (Å²) in [6.07, 6.45) is 2.45. The lowest BCUT2D eigenvalue weighted by molar-refractivity contribution is -0.127. The number of nitrogens with zero attached hydrogens (tertiary/aromatic N) is 3. The van der Waals surface area contributed by atoms with Gasteiger partial charge >= 0.3 is 0 Å². The fraction of sp³-hybridized carbons (Fsp3) is 0.273. The molecule has 0 saturated carbocycles. The maximum atomic E-state index is 14.1. The first-order chi connectivity index (χ1) is 13.7. The van der Waals surface area contributed by atoms with E-state index in [2.05, 4.69) is 27.1 Å². The monoisotopic (exact) mass is 395 g/mol. The zero-order chi connectivity index (χ0) is 19.3. The molecule has 28 heavy (non-hydrogen) atoms. The van der Waals surface area contributed by atoms with Crippen LogP contribution in [0.25, 0.3) is 11.3 Å². The van der Waals surface area contributed by atoms with Gasteiger partial charge in [0, 0.05) is 31.4 Å². The summed E-state index contributed by atoms with van der Waals surface area (Å²) < 4.78 is 16.2. The van der Waals surface area contributed by atoms with Crippen LogP contribution in [0.4, 0.5) is 10.1 Å². The minimum absolute atomic E-state index is 0.245. The number of amides is 1. The Morgan fingerprint density at radius 2 is 1.82 bits per heavy atom. The Labute approximate surface area is 167 Å². The number of likely N-dealkylation sites (tertiary alicyclic amines) is 1. The third-order valence-corrected chi connectivity index (χ3v) is 5.78. The summed E-state index contributed by atoms with van der Waals surface area (Å²) in [7, 11) is 0. The number of thiazole rings is 1. The van der Waals surface area contributed by atoms with Gasteiger partial charge in [-0.1, -0.05) is 42.5 Å². The molecule has 1 aromatic heterocycles. The number of aromatic nitrogens is 1. The number of benzene rings is 2. The fourth-order valence-electron chi connectivity index (χ4n) is 3.48. The van der Waals surface area contributed by atoms with E-state index >= 15 is 0 Å². The molecule has 4 rings (SSSR count). The second-order valence-corrected chi connectivity index (χ2v) is 7.66. The van der Waals surface area contributed by atoms with Gasteiger partial charge in [0.2, 0.25) is 5.91 Å². The Balaban J connectivity index is 1.65. The molecule has 0 spiro atoms. The SMILES string of the molecule is O=C1CCCN1CCCn1c(-c2ccccc2)csc1=Nc1ccccc1F. The van der Waals surface area contributed by atoms with E-state index in [1.807, 2.05) is 23.1 Å². The van der Waals surface area contributed by atoms with Crippen molar-refractivity contribution in [1.29, 1.82) is 0 Å². The predicted octanol–water partition coefficient (Wildman–Crippen LogP) is 4.60. The minimum Gasteiger partial charge on any atom is -0.343 e. The quantitative estimate of drug-likeness (QED) is 0.601. The molecule has 1 aliphatic heterocycles. The highest BCUT2D eigenvalue weighted by atomic mass is 32.1. The van der Waals surface area contributed by atoms with E-state index in [0.29, 0.717) is 12.1 Å². The number of hydrogen-bond acceptors (Lipinski definition) is 3. The van der Waals surface area contributed by atoms with Crippen molar-refractivity contribution in [1.82, 2.24) is 9.47 Å². The summed E-state index contributed by atoms with van der Waals surface area (Å²) in [6.45, 7) is 2.32. The van der Waals surface area contributed by atoms with Crippen molar-refractivity contribution in [3.05, 3.63) is 70.6 Å². The van der Waals surface area contributed by atoms with E-state index < -0.39 is 0 Å². The van der Waals surface area contributed by atoms with Crippen LogP contribution in [0.15, 0.2) is 65.0 Å². The standard InChI is InChI=1S/C22H22FN3OS/c23-18-10-4-5-11-19(18)24-22-26(15-7-14-25-13-6-12-21(25)27)20(16-28-22)17-8-2-1-3-9-17/h1-5,8-11,16H,6-7,12-15H2. The van der Waals surface area contributed by atoms with E-state index in [1.54, 1.807) is 18.2 Å². The summed E-state index contributed by atoms with van der Waals surface area (Å²) in [5.74, 6) is -0.0822. The van der Waals surface area contributed by atoms with Gasteiger partial charge < -0.3 is 9.47 Å². The van der Waals surface area contributed by atoms with Crippen molar-refractivity contribution in [3.8, 4) is 11.3 Å². The van der Waals surface area contributed by atoms with Crippen LogP contribution in [-0.2, 0) is 11.3 Å². The molecule has 0 N–H and O–H groups in total. The van der Waals surface area contributed by atoms with Crippen molar-refractivity contribution in [3.63, 3.8) is 0 Å². The summed E-state index contributed by atoms with van der Waals surface area (Å²) in [6, 6.07) is 16.7. The minimum atomic E-state index is -0.327. The summed E-state index contributed by atoms with van der Waals surface area (Å²) >= 11 is 1.51. The molecule has 1 saturated heterocycles. The smallest absolute Gasteiger partial charge is 0.222 e. The van der Waals surface area contributed by atoms with E-state index in [-0.39, 0.29) is 11.7 Å². The molecule has 1 amide bonds. The summed E-state index contributed by atoms with van der Waals surface area (Å²) in [5.41, 5.74) is 2.51. The van der Waals surface area contributed by atoms with Crippen molar-refractivity contribution in [2.24, 2.45) is 4.99 Å². The van der Waals surface area contributed by atoms with Gasteiger partial charge in [0.25, 0.3) is 0 Å². The van der Waals surface area contributed by atoms with Crippen LogP contribution in [0.2, 0.25) is 0 Å². The molecule has 0 atom stereocenters. The van der Waals surface area contributed by atoms with Gasteiger partial charge in [-0.15, -0.1) is 11.3 Å². The fourth-order valence-corrected chi connectivity index (χ4v) is 4.43. The lowest BCUT2D eigenvalue weighted by Crippen LogP contribution is -2.27. The zero-order valence-electron chi connectivity index (χ0n) is 15.6.